The van der Waals surface area contributed by atoms with Gasteiger partial charge in [0.2, 0.25) is 5.91 Å². The van der Waals surface area contributed by atoms with Crippen LogP contribution in [0.5, 0.6) is 0 Å². The molecule has 6 heteroatoms. The maximum Gasteiger partial charge on any atom is 0.227 e. The van der Waals surface area contributed by atoms with Crippen molar-refractivity contribution in [3.05, 3.63) is 48.3 Å². The highest BCUT2D eigenvalue weighted by Crippen LogP contribution is 2.26. The summed E-state index contributed by atoms with van der Waals surface area (Å²) in [5.41, 5.74) is 1.94. The van der Waals surface area contributed by atoms with Crippen LogP contribution in [0.1, 0.15) is 18.4 Å². The molecule has 132 valence electrons. The van der Waals surface area contributed by atoms with E-state index in [2.05, 4.69) is 5.10 Å². The largest absolute Gasteiger partial charge is 0.350 e. The molecule has 2 aliphatic rings. The molecule has 0 N–H and O–H groups in total. The van der Waals surface area contributed by atoms with Gasteiger partial charge in [0.05, 0.1) is 31.5 Å². The summed E-state index contributed by atoms with van der Waals surface area (Å²) >= 11 is 0. The number of rotatable bonds is 4. The maximum absolute atomic E-state index is 12.6. The van der Waals surface area contributed by atoms with Crippen LogP contribution >= 0.6 is 0 Å². The van der Waals surface area contributed by atoms with Gasteiger partial charge in [0.25, 0.3) is 0 Å². The van der Waals surface area contributed by atoms with E-state index in [1.807, 2.05) is 46.1 Å². The molecule has 2 saturated heterocycles. The van der Waals surface area contributed by atoms with Crippen molar-refractivity contribution >= 4 is 5.91 Å². The number of piperidine rings is 1. The van der Waals surface area contributed by atoms with Gasteiger partial charge in [0.15, 0.2) is 6.29 Å². The molecule has 6 nitrogen and oxygen atoms in total. The third-order valence-corrected chi connectivity index (χ3v) is 4.94. The molecule has 0 aliphatic carbocycles. The lowest BCUT2D eigenvalue weighted by molar-refractivity contribution is -0.136. The lowest BCUT2D eigenvalue weighted by atomic mass is 9.96. The van der Waals surface area contributed by atoms with Gasteiger partial charge >= 0.3 is 0 Å². The predicted molar refractivity (Wildman–Crippen MR) is 92.3 cm³/mol. The first-order chi connectivity index (χ1) is 12.3. The van der Waals surface area contributed by atoms with Gasteiger partial charge in [0.1, 0.15) is 0 Å². The van der Waals surface area contributed by atoms with Crippen LogP contribution < -0.4 is 0 Å². The normalized spacial score (nSPS) is 19.4. The predicted octanol–water partition coefficient (Wildman–Crippen LogP) is 2.03. The average molecular weight is 341 g/mol. The molecule has 2 aromatic rings. The summed E-state index contributed by atoms with van der Waals surface area (Å²) in [5.74, 6) is 0.576. The molecule has 0 bridgehead atoms. The molecule has 0 saturated carbocycles. The smallest absolute Gasteiger partial charge is 0.227 e. The van der Waals surface area contributed by atoms with Gasteiger partial charge in [-0.15, -0.1) is 0 Å². The number of hydrogen-bond donors (Lipinski definition) is 0. The highest BCUT2D eigenvalue weighted by Gasteiger charge is 2.31. The number of likely N-dealkylation sites (tertiary alicyclic amines) is 1. The van der Waals surface area contributed by atoms with E-state index in [9.17, 15) is 4.79 Å². The van der Waals surface area contributed by atoms with E-state index in [4.69, 9.17) is 9.47 Å². The SMILES string of the molecule is O=C(Cc1cnn(-c2ccccc2)c1)N1CCC(C2OCCO2)CC1. The number of nitrogens with zero attached hydrogens (tertiary/aromatic N) is 3. The van der Waals surface area contributed by atoms with Crippen molar-refractivity contribution in [2.24, 2.45) is 5.92 Å². The second-order valence-corrected chi connectivity index (χ2v) is 6.63. The van der Waals surface area contributed by atoms with Crippen LogP contribution in [0.15, 0.2) is 42.7 Å². The van der Waals surface area contributed by atoms with Crippen LogP contribution in [0.2, 0.25) is 0 Å². The second kappa shape index (κ2) is 7.37. The lowest BCUT2D eigenvalue weighted by Gasteiger charge is -2.33. The average Bonchev–Trinajstić information content (AvgIpc) is 3.35. The maximum atomic E-state index is 12.6. The zero-order valence-electron chi connectivity index (χ0n) is 14.2. The summed E-state index contributed by atoms with van der Waals surface area (Å²) < 4.78 is 13.0. The topological polar surface area (TPSA) is 56.6 Å². The number of para-hydroxylation sites is 1. The minimum Gasteiger partial charge on any atom is -0.350 e. The van der Waals surface area contributed by atoms with Gasteiger partial charge in [-0.2, -0.15) is 5.10 Å². The Morgan fingerprint density at radius 1 is 1.12 bits per heavy atom. The molecule has 0 unspecified atom stereocenters. The molecule has 0 spiro atoms. The molecule has 1 aromatic carbocycles. The van der Waals surface area contributed by atoms with Crippen molar-refractivity contribution < 1.29 is 14.3 Å². The van der Waals surface area contributed by atoms with Crippen molar-refractivity contribution in [2.45, 2.75) is 25.6 Å². The van der Waals surface area contributed by atoms with Gasteiger partial charge < -0.3 is 14.4 Å². The van der Waals surface area contributed by atoms with Crippen molar-refractivity contribution in [3.8, 4) is 5.69 Å². The van der Waals surface area contributed by atoms with Crippen molar-refractivity contribution in [1.29, 1.82) is 0 Å². The van der Waals surface area contributed by atoms with E-state index in [0.717, 1.165) is 37.2 Å². The van der Waals surface area contributed by atoms with Gasteiger partial charge in [-0.05, 0) is 30.5 Å². The van der Waals surface area contributed by atoms with Crippen molar-refractivity contribution in [3.63, 3.8) is 0 Å². The molecule has 1 aromatic heterocycles. The first-order valence-electron chi connectivity index (χ1n) is 8.89. The fraction of sp³-hybridized carbons (Fsp3) is 0.474. The molecule has 0 atom stereocenters. The van der Waals surface area contributed by atoms with Gasteiger partial charge in [-0.3, -0.25) is 4.79 Å². The molecular weight excluding hydrogens is 318 g/mol. The number of aromatic nitrogens is 2. The summed E-state index contributed by atoms with van der Waals surface area (Å²) in [7, 11) is 0. The van der Waals surface area contributed by atoms with Crippen LogP contribution in [0.4, 0.5) is 0 Å². The monoisotopic (exact) mass is 341 g/mol. The summed E-state index contributed by atoms with van der Waals surface area (Å²) in [6.45, 7) is 2.93. The number of carbonyl (C=O) groups excluding carboxylic acids is 1. The fourth-order valence-corrected chi connectivity index (χ4v) is 3.53. The Hall–Kier alpha value is -2.18. The minimum atomic E-state index is -0.0682. The Morgan fingerprint density at radius 2 is 1.84 bits per heavy atom. The number of benzene rings is 1. The molecule has 2 aliphatic heterocycles. The first-order valence-corrected chi connectivity index (χ1v) is 8.89. The number of amides is 1. The molecule has 4 rings (SSSR count). The van der Waals surface area contributed by atoms with E-state index in [1.54, 1.807) is 6.20 Å². The van der Waals surface area contributed by atoms with E-state index in [1.165, 1.54) is 0 Å². The summed E-state index contributed by atoms with van der Waals surface area (Å²) in [5, 5.41) is 4.36. The highest BCUT2D eigenvalue weighted by molar-refractivity contribution is 5.78. The zero-order chi connectivity index (χ0) is 17.1. The van der Waals surface area contributed by atoms with Crippen LogP contribution in [0, 0.1) is 5.92 Å². The zero-order valence-corrected chi connectivity index (χ0v) is 14.2. The number of ether oxygens (including phenoxy) is 2. The first kappa shape index (κ1) is 16.3. The third-order valence-electron chi connectivity index (χ3n) is 4.94. The van der Waals surface area contributed by atoms with E-state index >= 15 is 0 Å². The lowest BCUT2D eigenvalue weighted by Crippen LogP contribution is -2.42. The van der Waals surface area contributed by atoms with Crippen LogP contribution in [0.25, 0.3) is 5.69 Å². The van der Waals surface area contributed by atoms with Gasteiger partial charge in [0, 0.05) is 25.2 Å². The Kier molecular flexibility index (Phi) is 4.81. The molecule has 25 heavy (non-hydrogen) atoms. The standard InChI is InChI=1S/C19H23N3O3/c23-18(21-8-6-16(7-9-21)19-24-10-11-25-19)12-15-13-20-22(14-15)17-4-2-1-3-5-17/h1-5,13-14,16,19H,6-12H2. The highest BCUT2D eigenvalue weighted by atomic mass is 16.7. The molecule has 1 amide bonds. The number of carbonyl (C=O) groups is 1. The Morgan fingerprint density at radius 3 is 2.56 bits per heavy atom. The quantitative estimate of drug-likeness (QED) is 0.854. The molecular formula is C19H23N3O3. The van der Waals surface area contributed by atoms with Gasteiger partial charge in [-0.1, -0.05) is 18.2 Å². The fourth-order valence-electron chi connectivity index (χ4n) is 3.53. The van der Waals surface area contributed by atoms with E-state index in [0.29, 0.717) is 25.6 Å². The Labute approximate surface area is 147 Å². The van der Waals surface area contributed by atoms with Crippen LogP contribution in [-0.4, -0.2) is 53.2 Å². The molecule has 0 radical (unpaired) electrons. The van der Waals surface area contributed by atoms with Gasteiger partial charge in [-0.25, -0.2) is 4.68 Å². The third kappa shape index (κ3) is 3.75. The van der Waals surface area contributed by atoms with Crippen molar-refractivity contribution in [1.82, 2.24) is 14.7 Å². The van der Waals surface area contributed by atoms with E-state index < -0.39 is 0 Å². The summed E-state index contributed by atoms with van der Waals surface area (Å²) in [4.78, 5) is 14.5. The number of hydrogen-bond acceptors (Lipinski definition) is 4. The van der Waals surface area contributed by atoms with Crippen molar-refractivity contribution in [2.75, 3.05) is 26.3 Å². The summed E-state index contributed by atoms with van der Waals surface area (Å²) in [6, 6.07) is 9.92. The molecule has 3 heterocycles. The second-order valence-electron chi connectivity index (χ2n) is 6.63. The summed E-state index contributed by atoms with van der Waals surface area (Å²) in [6.07, 6.45) is 5.92. The Bertz CT molecular complexity index is 702. The minimum absolute atomic E-state index is 0.0682. The van der Waals surface area contributed by atoms with Crippen LogP contribution in [-0.2, 0) is 20.7 Å². The Balaban J connectivity index is 1.31. The van der Waals surface area contributed by atoms with E-state index in [-0.39, 0.29) is 12.2 Å². The molecule has 2 fully saturated rings. The van der Waals surface area contributed by atoms with Crippen LogP contribution in [0.3, 0.4) is 0 Å².